The zero-order valence-electron chi connectivity index (χ0n) is 26.2. The number of hydrogen-bond donors (Lipinski definition) is 3. The summed E-state index contributed by atoms with van der Waals surface area (Å²) in [5.41, 5.74) is 8.45. The average Bonchev–Trinajstić information content (AvgIpc) is 3.50. The summed E-state index contributed by atoms with van der Waals surface area (Å²) < 4.78 is 71.9. The Morgan fingerprint density at radius 1 is 0.936 bits per heavy atom. The van der Waals surface area contributed by atoms with Crippen molar-refractivity contribution >= 4 is 25.5 Å². The van der Waals surface area contributed by atoms with Crippen LogP contribution in [0, 0.1) is 0 Å². The van der Waals surface area contributed by atoms with Crippen LogP contribution in [-0.2, 0) is 33.0 Å². The second-order valence-electron chi connectivity index (χ2n) is 11.6. The van der Waals surface area contributed by atoms with Crippen molar-refractivity contribution < 1.29 is 26.3 Å². The van der Waals surface area contributed by atoms with E-state index in [1.165, 1.54) is 10.7 Å². The summed E-state index contributed by atoms with van der Waals surface area (Å²) in [7, 11) is -5.47. The molecule has 47 heavy (non-hydrogen) atoms. The number of sulfone groups is 1. The van der Waals surface area contributed by atoms with Gasteiger partial charge in [-0.05, 0) is 70.8 Å². The van der Waals surface area contributed by atoms with Crippen LogP contribution in [0.1, 0.15) is 24.0 Å². The minimum absolute atomic E-state index is 0.0914. The van der Waals surface area contributed by atoms with E-state index in [0.29, 0.717) is 35.8 Å². The molecule has 1 atom stereocenters. The van der Waals surface area contributed by atoms with Gasteiger partial charge in [0.1, 0.15) is 16.4 Å². The van der Waals surface area contributed by atoms with E-state index in [0.717, 1.165) is 18.4 Å². The van der Waals surface area contributed by atoms with E-state index in [9.17, 15) is 16.8 Å². The topological polar surface area (TPSA) is 184 Å². The Balaban J connectivity index is 1.53. The largest absolute Gasteiger partial charge is 0.497 e. The van der Waals surface area contributed by atoms with Gasteiger partial charge in [0.05, 0.1) is 36.5 Å². The van der Waals surface area contributed by atoms with Crippen molar-refractivity contribution in [3.05, 3.63) is 71.8 Å². The number of rotatable bonds is 12. The van der Waals surface area contributed by atoms with Crippen LogP contribution in [0.2, 0.25) is 0 Å². The van der Waals surface area contributed by atoms with Gasteiger partial charge < -0.3 is 25.4 Å². The molecule has 0 bridgehead atoms. The highest BCUT2D eigenvalue weighted by Gasteiger charge is 2.40. The summed E-state index contributed by atoms with van der Waals surface area (Å²) in [6, 6.07) is 17.1. The molecular weight excluding hydrogens is 645 g/mol. The van der Waals surface area contributed by atoms with Gasteiger partial charge in [0.25, 0.3) is 0 Å². The molecule has 0 aliphatic carbocycles. The fourth-order valence-electron chi connectivity index (χ4n) is 5.80. The molecule has 0 saturated carbocycles. The van der Waals surface area contributed by atoms with Gasteiger partial charge in [-0.1, -0.05) is 24.3 Å². The predicted octanol–water partition coefficient (Wildman–Crippen LogP) is 1.56. The van der Waals surface area contributed by atoms with Crippen LogP contribution in [0.25, 0.3) is 11.4 Å². The molecule has 1 aromatic heterocycles. The molecule has 3 aromatic carbocycles. The number of ether oxygens (including phenoxy) is 2. The van der Waals surface area contributed by atoms with E-state index < -0.39 is 25.1 Å². The van der Waals surface area contributed by atoms with Crippen molar-refractivity contribution in [3.63, 3.8) is 0 Å². The predicted molar refractivity (Wildman–Crippen MR) is 176 cm³/mol. The molecule has 2 fully saturated rings. The number of tetrazole rings is 1. The van der Waals surface area contributed by atoms with Crippen LogP contribution in [0.15, 0.2) is 70.5 Å². The molecule has 2 aliphatic heterocycles. The van der Waals surface area contributed by atoms with Gasteiger partial charge in [-0.15, -0.1) is 5.10 Å². The molecule has 1 unspecified atom stereocenters. The molecule has 2 saturated heterocycles. The molecule has 250 valence electrons. The van der Waals surface area contributed by atoms with Crippen LogP contribution in [0.4, 0.5) is 5.69 Å². The summed E-state index contributed by atoms with van der Waals surface area (Å²) in [6.45, 7) is 1.57. The van der Waals surface area contributed by atoms with Crippen LogP contribution in [0.5, 0.6) is 11.5 Å². The maximum atomic E-state index is 14.5. The van der Waals surface area contributed by atoms with Gasteiger partial charge in [0, 0.05) is 44.5 Å². The number of aromatic nitrogens is 4. The van der Waals surface area contributed by atoms with Crippen molar-refractivity contribution in [2.24, 2.45) is 5.73 Å². The van der Waals surface area contributed by atoms with E-state index >= 15 is 0 Å². The molecule has 4 aromatic rings. The Kier molecular flexibility index (Phi) is 9.48. The third-order valence-electron chi connectivity index (χ3n) is 8.53. The molecule has 3 heterocycles. The highest BCUT2D eigenvalue weighted by molar-refractivity contribution is 7.94. The normalized spacial score (nSPS) is 17.3. The van der Waals surface area contributed by atoms with Gasteiger partial charge in [0.15, 0.2) is 15.7 Å². The number of methoxy groups -OCH3 is 2. The van der Waals surface area contributed by atoms with E-state index in [1.54, 1.807) is 56.7 Å². The van der Waals surface area contributed by atoms with E-state index in [2.05, 4.69) is 25.6 Å². The van der Waals surface area contributed by atoms with Crippen molar-refractivity contribution in [1.29, 1.82) is 0 Å². The number of nitrogens with zero attached hydrogens (tertiary/aromatic N) is 5. The summed E-state index contributed by atoms with van der Waals surface area (Å²) in [4.78, 5) is 1.30. The molecule has 0 amide bonds. The maximum absolute atomic E-state index is 14.5. The van der Waals surface area contributed by atoms with Gasteiger partial charge in [-0.3, -0.25) is 0 Å². The van der Waals surface area contributed by atoms with Crippen LogP contribution in [0.3, 0.4) is 0 Å². The van der Waals surface area contributed by atoms with Crippen molar-refractivity contribution in [2.75, 3.05) is 45.3 Å². The third-order valence-corrected chi connectivity index (χ3v) is 12.3. The highest BCUT2D eigenvalue weighted by atomic mass is 32.2. The van der Waals surface area contributed by atoms with Crippen LogP contribution >= 0.6 is 0 Å². The van der Waals surface area contributed by atoms with E-state index in [1.807, 2.05) is 17.0 Å². The van der Waals surface area contributed by atoms with Crippen molar-refractivity contribution in [2.45, 2.75) is 47.0 Å². The van der Waals surface area contributed by atoms with Crippen molar-refractivity contribution in [3.8, 4) is 22.9 Å². The lowest BCUT2D eigenvalue weighted by Crippen LogP contribution is -2.51. The smallest absolute Gasteiger partial charge is 0.242 e. The average molecular weight is 683 g/mol. The fourth-order valence-corrected chi connectivity index (χ4v) is 9.43. The number of sulfonamides is 1. The lowest BCUT2D eigenvalue weighted by atomic mass is 10.0. The minimum Gasteiger partial charge on any atom is -0.497 e. The van der Waals surface area contributed by atoms with Gasteiger partial charge in [0.2, 0.25) is 10.0 Å². The van der Waals surface area contributed by atoms with E-state index in [-0.39, 0.29) is 53.4 Å². The fraction of sp³-hybridized carbons (Fsp3) is 0.387. The zero-order valence-corrected chi connectivity index (χ0v) is 27.8. The third kappa shape index (κ3) is 6.82. The van der Waals surface area contributed by atoms with Crippen LogP contribution in [-0.4, -0.2) is 88.7 Å². The van der Waals surface area contributed by atoms with E-state index in [4.69, 9.17) is 15.2 Å². The molecular formula is C31H38N8O6S2. The quantitative estimate of drug-likeness (QED) is 0.196. The number of benzene rings is 3. The molecule has 0 spiro atoms. The van der Waals surface area contributed by atoms with Gasteiger partial charge in [-0.25, -0.2) is 26.2 Å². The van der Waals surface area contributed by atoms with Crippen LogP contribution < -0.4 is 30.1 Å². The first-order valence-corrected chi connectivity index (χ1v) is 18.3. The van der Waals surface area contributed by atoms with Crippen molar-refractivity contribution in [1.82, 2.24) is 30.2 Å². The zero-order chi connectivity index (χ0) is 33.2. The molecule has 0 radical (unpaired) electrons. The molecule has 4 N–H and O–H groups in total. The summed E-state index contributed by atoms with van der Waals surface area (Å²) >= 11 is 0. The molecule has 16 heteroatoms. The summed E-state index contributed by atoms with van der Waals surface area (Å²) in [6.07, 6.45) is 1.60. The summed E-state index contributed by atoms with van der Waals surface area (Å²) in [5.74, 6) is 1.41. The van der Waals surface area contributed by atoms with Gasteiger partial charge in [-0.2, -0.15) is 0 Å². The second-order valence-corrected chi connectivity index (χ2v) is 15.5. The number of anilines is 1. The molecule has 14 nitrogen and oxygen atoms in total. The molecule has 6 rings (SSSR count). The lowest BCUT2D eigenvalue weighted by molar-refractivity contribution is 0.414. The maximum Gasteiger partial charge on any atom is 0.242 e. The lowest BCUT2D eigenvalue weighted by Gasteiger charge is -2.35. The number of piperidine rings is 1. The minimum atomic E-state index is -4.50. The molecule has 2 aliphatic rings. The Morgan fingerprint density at radius 3 is 2.19 bits per heavy atom. The first-order chi connectivity index (χ1) is 22.6. The Bertz CT molecular complexity index is 1930. The first kappa shape index (κ1) is 32.8. The highest BCUT2D eigenvalue weighted by Crippen LogP contribution is 2.41. The monoisotopic (exact) mass is 682 g/mol. The Labute approximate surface area is 274 Å². The van der Waals surface area contributed by atoms with Gasteiger partial charge >= 0.3 is 0 Å². The standard InChI is InChI=1S/C31H38N8O6S2/c1-44-24-9-5-21(6-10-24)16-34-47(42,43)30-28(46(40,41)26-17-33-18-26)14-13-27(38-15-3-4-23(32)20-38)29(30)31-35-36-37-39(31)19-22-7-11-25(45-2)12-8-22/h5-14,23,26,33-34H,3-4,15-20,32H2,1-2H3. The number of hydrogen-bond acceptors (Lipinski definition) is 12. The summed E-state index contributed by atoms with van der Waals surface area (Å²) in [5, 5.41) is 14.7. The Hall–Kier alpha value is -4.09. The first-order valence-electron chi connectivity index (χ1n) is 15.2. The number of nitrogens with two attached hydrogens (primary N) is 1. The second kappa shape index (κ2) is 13.6. The Morgan fingerprint density at radius 2 is 1.60 bits per heavy atom. The SMILES string of the molecule is COc1ccc(CNS(=O)(=O)c2c(S(=O)(=O)C3CNC3)ccc(N3CCCC(N)C3)c2-c2nnnn2Cc2ccc(OC)cc2)cc1. The number of nitrogens with one attached hydrogen (secondary N) is 2.